The van der Waals surface area contributed by atoms with Crippen LogP contribution in [0.2, 0.25) is 0 Å². The first-order valence-corrected chi connectivity index (χ1v) is 16.3. The summed E-state index contributed by atoms with van der Waals surface area (Å²) in [6.45, 7) is 0. The zero-order valence-corrected chi connectivity index (χ0v) is 22.6. The number of fused-ring (bicyclic) bond motifs is 2. The van der Waals surface area contributed by atoms with Crippen LogP contribution in [0, 0.1) is 11.1 Å². The summed E-state index contributed by atoms with van der Waals surface area (Å²) in [6.07, 6.45) is 0. The van der Waals surface area contributed by atoms with Gasteiger partial charge in [-0.3, -0.25) is 8.22 Å². The Kier molecular flexibility index (Phi) is 6.25. The third-order valence-corrected chi connectivity index (χ3v) is 12.9. The van der Waals surface area contributed by atoms with Gasteiger partial charge in [0.25, 0.3) is 0 Å². The van der Waals surface area contributed by atoms with Gasteiger partial charge in [0.15, 0.2) is 0 Å². The molecule has 2 unspecified atom stereocenters. The van der Waals surface area contributed by atoms with Crippen molar-refractivity contribution < 1.29 is 8.22 Å². The second kappa shape index (κ2) is 9.87. The summed E-state index contributed by atoms with van der Waals surface area (Å²) in [5, 5.41) is 5.67. The molecule has 0 bridgehead atoms. The van der Waals surface area contributed by atoms with Crippen LogP contribution >= 0.6 is 0 Å². The number of benzene rings is 6. The molecule has 4 heteroatoms. The summed E-state index contributed by atoms with van der Waals surface area (Å²) >= 11 is 0. The lowest BCUT2D eigenvalue weighted by Gasteiger charge is -2.22. The highest BCUT2D eigenvalue weighted by Crippen LogP contribution is 2.20. The Morgan fingerprint density at radius 3 is 1.13 bits per heavy atom. The molecule has 0 aromatic heterocycles. The maximum Gasteiger partial charge on any atom is 0.385 e. The average molecular weight is 527 g/mol. The summed E-state index contributed by atoms with van der Waals surface area (Å²) < 4.78 is 35.4. The van der Waals surface area contributed by atoms with Crippen molar-refractivity contribution in [3.8, 4) is 11.1 Å². The van der Waals surface area contributed by atoms with Gasteiger partial charge in [-0.25, -0.2) is 0 Å². The van der Waals surface area contributed by atoms with Gasteiger partial charge in [-0.15, -0.1) is 0 Å². The molecule has 0 radical (unpaired) electrons. The third-order valence-electron chi connectivity index (χ3n) is 7.07. The van der Waals surface area contributed by atoms with E-state index < -0.39 is 16.8 Å². The first kappa shape index (κ1) is 24.1. The van der Waals surface area contributed by atoms with Gasteiger partial charge in [0.2, 0.25) is 0 Å². The van der Waals surface area contributed by atoms with Crippen molar-refractivity contribution in [2.24, 2.45) is 0 Å². The van der Waals surface area contributed by atoms with Gasteiger partial charge in [-0.05, 0) is 42.3 Å². The van der Waals surface area contributed by atoms with Crippen LogP contribution in [0.15, 0.2) is 146 Å². The smallest absolute Gasteiger partial charge is 0.285 e. The summed E-state index contributed by atoms with van der Waals surface area (Å²) in [5.74, 6) is 0. The number of rotatable bonds is 4. The van der Waals surface area contributed by atoms with Gasteiger partial charge in [-0.2, -0.15) is 0 Å². The van der Waals surface area contributed by atoms with Crippen molar-refractivity contribution in [1.29, 1.82) is 0 Å². The van der Waals surface area contributed by atoms with E-state index in [1.54, 1.807) is 24.3 Å². The second-order valence-corrected chi connectivity index (χ2v) is 14.7. The fourth-order valence-electron chi connectivity index (χ4n) is 5.15. The molecule has 0 spiro atoms. The van der Waals surface area contributed by atoms with Crippen molar-refractivity contribution in [2.75, 3.05) is 0 Å². The molecule has 0 fully saturated rings. The Balaban J connectivity index is 1.65. The molecular formula is C34H24F2Si2. The highest BCUT2D eigenvalue weighted by molar-refractivity contribution is 7.08. The van der Waals surface area contributed by atoms with Gasteiger partial charge >= 0.3 is 16.8 Å². The number of halogens is 2. The Labute approximate surface area is 223 Å². The molecule has 6 aromatic carbocycles. The third kappa shape index (κ3) is 4.16. The van der Waals surface area contributed by atoms with E-state index in [0.717, 1.165) is 21.5 Å². The molecule has 0 heterocycles. The summed E-state index contributed by atoms with van der Waals surface area (Å²) in [5.41, 5.74) is 6.06. The Hall–Kier alpha value is -4.31. The number of hydrogen-bond donors (Lipinski definition) is 0. The maximum atomic E-state index is 17.7. The van der Waals surface area contributed by atoms with Crippen LogP contribution < -0.4 is 20.7 Å². The highest BCUT2D eigenvalue weighted by Gasteiger charge is 2.43. The molecule has 0 saturated carbocycles. The van der Waals surface area contributed by atoms with Crippen molar-refractivity contribution >= 4 is 59.1 Å². The Morgan fingerprint density at radius 2 is 0.711 bits per heavy atom. The van der Waals surface area contributed by atoms with Crippen molar-refractivity contribution in [3.05, 3.63) is 146 Å². The maximum absolute atomic E-state index is 17.7. The Morgan fingerprint density at radius 1 is 0.368 bits per heavy atom. The molecule has 2 atom stereocenters. The minimum atomic E-state index is -4.18. The van der Waals surface area contributed by atoms with Crippen LogP contribution in [0.1, 0.15) is 0 Å². The van der Waals surface area contributed by atoms with E-state index in [-0.39, 0.29) is 0 Å². The van der Waals surface area contributed by atoms with Crippen LogP contribution in [-0.4, -0.2) is 16.8 Å². The van der Waals surface area contributed by atoms with E-state index in [9.17, 15) is 0 Å². The molecule has 0 aliphatic rings. The van der Waals surface area contributed by atoms with Crippen LogP contribution in [0.25, 0.3) is 21.5 Å². The zero-order valence-electron chi connectivity index (χ0n) is 20.6. The van der Waals surface area contributed by atoms with Gasteiger partial charge in [0, 0.05) is 0 Å². The molecule has 0 amide bonds. The van der Waals surface area contributed by atoms with Gasteiger partial charge in [0.05, 0.1) is 0 Å². The second-order valence-electron chi connectivity index (χ2n) is 9.35. The van der Waals surface area contributed by atoms with E-state index in [1.165, 1.54) is 0 Å². The van der Waals surface area contributed by atoms with E-state index in [0.29, 0.717) is 20.7 Å². The quantitative estimate of drug-likeness (QED) is 0.154. The van der Waals surface area contributed by atoms with Crippen LogP contribution in [0.4, 0.5) is 8.22 Å². The lowest BCUT2D eigenvalue weighted by Crippen LogP contribution is -2.57. The standard InChI is InChI=1S/C34H24F2Si2/c35-37(29-17-3-1-4-18-29,33-23-11-15-27-13-7-9-21-31(27)33)25-26-38(36,30-19-5-2-6-20-30)34-24-12-16-28-14-8-10-22-32(28)34/h1-24H. The van der Waals surface area contributed by atoms with Crippen molar-refractivity contribution in [2.45, 2.75) is 0 Å². The predicted octanol–water partition coefficient (Wildman–Crippen LogP) is 5.83. The molecule has 0 N–H and O–H groups in total. The first-order valence-electron chi connectivity index (χ1n) is 12.6. The molecule has 6 rings (SSSR count). The van der Waals surface area contributed by atoms with Crippen LogP contribution in [0.3, 0.4) is 0 Å². The average Bonchev–Trinajstić information content (AvgIpc) is 3.00. The van der Waals surface area contributed by atoms with E-state index in [4.69, 9.17) is 0 Å². The normalized spacial score (nSPS) is 14.3. The summed E-state index contributed by atoms with van der Waals surface area (Å²) in [6, 6.07) is 45.0. The SMILES string of the molecule is F[Si](C#C[Si](F)(c1ccccc1)c1cccc2ccccc12)(c1ccccc1)c1cccc2ccccc12. The molecule has 0 saturated heterocycles. The monoisotopic (exact) mass is 526 g/mol. The molecular weight excluding hydrogens is 503 g/mol. The molecule has 6 aromatic rings. The molecule has 0 aliphatic heterocycles. The summed E-state index contributed by atoms with van der Waals surface area (Å²) in [4.78, 5) is 0. The molecule has 38 heavy (non-hydrogen) atoms. The largest absolute Gasteiger partial charge is 0.385 e. The summed E-state index contributed by atoms with van der Waals surface area (Å²) in [7, 11) is -8.35. The van der Waals surface area contributed by atoms with Gasteiger partial charge in [-0.1, -0.05) is 157 Å². The fourth-order valence-corrected chi connectivity index (χ4v) is 10.9. The highest BCUT2D eigenvalue weighted by atomic mass is 28.4. The van der Waals surface area contributed by atoms with Crippen LogP contribution in [-0.2, 0) is 0 Å². The van der Waals surface area contributed by atoms with Gasteiger partial charge < -0.3 is 0 Å². The lowest BCUT2D eigenvalue weighted by atomic mass is 10.1. The van der Waals surface area contributed by atoms with E-state index in [2.05, 4.69) is 11.1 Å². The first-order chi connectivity index (χ1) is 18.6. The van der Waals surface area contributed by atoms with Gasteiger partial charge in [0.1, 0.15) is 0 Å². The van der Waals surface area contributed by atoms with E-state index >= 15 is 8.22 Å². The minimum absolute atomic E-state index is 0.520. The van der Waals surface area contributed by atoms with Crippen molar-refractivity contribution in [3.63, 3.8) is 0 Å². The van der Waals surface area contributed by atoms with E-state index in [1.807, 2.05) is 121 Å². The van der Waals surface area contributed by atoms with Crippen LogP contribution in [0.5, 0.6) is 0 Å². The molecule has 0 nitrogen and oxygen atoms in total. The molecule has 182 valence electrons. The van der Waals surface area contributed by atoms with Crippen molar-refractivity contribution in [1.82, 2.24) is 0 Å². The Bertz CT molecular complexity index is 1670. The topological polar surface area (TPSA) is 0 Å². The molecule has 0 aliphatic carbocycles. The fraction of sp³-hybridized carbons (Fsp3) is 0. The minimum Gasteiger partial charge on any atom is -0.285 e. The number of hydrogen-bond acceptors (Lipinski definition) is 0. The zero-order chi connectivity index (χ0) is 26.0. The predicted molar refractivity (Wildman–Crippen MR) is 161 cm³/mol. The lowest BCUT2D eigenvalue weighted by molar-refractivity contribution is 0.841.